The van der Waals surface area contributed by atoms with Gasteiger partial charge in [0.2, 0.25) is 11.7 Å². The third-order valence-corrected chi connectivity index (χ3v) is 3.26. The SMILES string of the molecule is Cc1ccc(OCCCC(=O)Nc2ccc(F)c([N+](=O)[O-])c2)cc1. The quantitative estimate of drug-likeness (QED) is 0.474. The lowest BCUT2D eigenvalue weighted by Crippen LogP contribution is -2.13. The summed E-state index contributed by atoms with van der Waals surface area (Å²) in [6.45, 7) is 2.36. The Labute approximate surface area is 138 Å². The van der Waals surface area contributed by atoms with E-state index in [1.54, 1.807) is 0 Å². The summed E-state index contributed by atoms with van der Waals surface area (Å²) in [5, 5.41) is 13.2. The minimum absolute atomic E-state index is 0.188. The second-order valence-electron chi connectivity index (χ2n) is 5.24. The molecule has 6 nitrogen and oxygen atoms in total. The van der Waals surface area contributed by atoms with E-state index in [0.29, 0.717) is 13.0 Å². The predicted molar refractivity (Wildman–Crippen MR) is 87.6 cm³/mol. The van der Waals surface area contributed by atoms with Crippen molar-refractivity contribution in [2.75, 3.05) is 11.9 Å². The Morgan fingerprint density at radius 3 is 2.62 bits per heavy atom. The van der Waals surface area contributed by atoms with Crippen LogP contribution in [0.15, 0.2) is 42.5 Å². The smallest absolute Gasteiger partial charge is 0.306 e. The first-order valence-corrected chi connectivity index (χ1v) is 7.39. The van der Waals surface area contributed by atoms with Gasteiger partial charge in [-0.3, -0.25) is 14.9 Å². The standard InChI is InChI=1S/C17H17FN2O4/c1-12-4-7-14(8-5-12)24-10-2-3-17(21)19-13-6-9-15(18)16(11-13)20(22)23/h4-9,11H,2-3,10H2,1H3,(H,19,21). The normalized spacial score (nSPS) is 10.2. The third-order valence-electron chi connectivity index (χ3n) is 3.26. The Balaban J connectivity index is 1.78. The van der Waals surface area contributed by atoms with Crippen LogP contribution in [-0.4, -0.2) is 17.4 Å². The molecule has 126 valence electrons. The van der Waals surface area contributed by atoms with Gasteiger partial charge in [0.05, 0.1) is 11.5 Å². The number of benzene rings is 2. The molecule has 2 aromatic carbocycles. The Morgan fingerprint density at radius 2 is 1.96 bits per heavy atom. The van der Waals surface area contributed by atoms with Crippen LogP contribution in [0.25, 0.3) is 0 Å². The highest BCUT2D eigenvalue weighted by Crippen LogP contribution is 2.21. The number of nitro groups is 1. The average Bonchev–Trinajstić information content (AvgIpc) is 2.55. The first-order valence-electron chi connectivity index (χ1n) is 7.39. The van der Waals surface area contributed by atoms with Crippen molar-refractivity contribution in [2.24, 2.45) is 0 Å². The number of hydrogen-bond acceptors (Lipinski definition) is 4. The van der Waals surface area contributed by atoms with E-state index in [-0.39, 0.29) is 18.0 Å². The van der Waals surface area contributed by atoms with E-state index >= 15 is 0 Å². The van der Waals surface area contributed by atoms with Gasteiger partial charge in [-0.1, -0.05) is 17.7 Å². The molecule has 0 aliphatic carbocycles. The number of carbonyl (C=O) groups excluding carboxylic acids is 1. The first-order chi connectivity index (χ1) is 11.5. The summed E-state index contributed by atoms with van der Waals surface area (Å²) in [6, 6.07) is 10.8. The number of nitro benzene ring substituents is 1. The Hall–Kier alpha value is -2.96. The molecule has 0 saturated heterocycles. The highest BCUT2D eigenvalue weighted by atomic mass is 19.1. The van der Waals surface area contributed by atoms with Crippen molar-refractivity contribution >= 4 is 17.3 Å². The molecule has 0 fully saturated rings. The lowest BCUT2D eigenvalue weighted by molar-refractivity contribution is -0.387. The summed E-state index contributed by atoms with van der Waals surface area (Å²) >= 11 is 0. The fourth-order valence-corrected chi connectivity index (χ4v) is 2.01. The molecule has 0 unspecified atom stereocenters. The fourth-order valence-electron chi connectivity index (χ4n) is 2.01. The van der Waals surface area contributed by atoms with Crippen LogP contribution in [0.2, 0.25) is 0 Å². The topological polar surface area (TPSA) is 81.5 Å². The Morgan fingerprint density at radius 1 is 1.25 bits per heavy atom. The van der Waals surface area contributed by atoms with Gasteiger partial charge in [-0.15, -0.1) is 0 Å². The molecule has 1 N–H and O–H groups in total. The number of halogens is 1. The van der Waals surface area contributed by atoms with Gasteiger partial charge in [0.1, 0.15) is 5.75 Å². The summed E-state index contributed by atoms with van der Waals surface area (Å²) in [4.78, 5) is 21.6. The van der Waals surface area contributed by atoms with Crippen LogP contribution >= 0.6 is 0 Å². The number of hydrogen-bond donors (Lipinski definition) is 1. The second-order valence-corrected chi connectivity index (χ2v) is 5.24. The lowest BCUT2D eigenvalue weighted by Gasteiger charge is -2.07. The van der Waals surface area contributed by atoms with Crippen molar-refractivity contribution < 1.29 is 18.8 Å². The molecule has 0 spiro atoms. The van der Waals surface area contributed by atoms with E-state index in [0.717, 1.165) is 23.4 Å². The summed E-state index contributed by atoms with van der Waals surface area (Å²) in [6.07, 6.45) is 0.681. The maximum Gasteiger partial charge on any atom is 0.306 e. The molecular weight excluding hydrogens is 315 g/mol. The zero-order valence-corrected chi connectivity index (χ0v) is 13.1. The molecule has 7 heteroatoms. The van der Waals surface area contributed by atoms with Gasteiger partial charge in [-0.2, -0.15) is 4.39 Å². The van der Waals surface area contributed by atoms with Crippen molar-refractivity contribution in [3.8, 4) is 5.75 Å². The van der Waals surface area contributed by atoms with Gasteiger partial charge in [0.25, 0.3) is 0 Å². The number of anilines is 1. The maximum atomic E-state index is 13.2. The van der Waals surface area contributed by atoms with E-state index in [2.05, 4.69) is 5.32 Å². The van der Waals surface area contributed by atoms with Crippen molar-refractivity contribution in [2.45, 2.75) is 19.8 Å². The molecule has 2 rings (SSSR count). The van der Waals surface area contributed by atoms with Crippen LogP contribution in [0.4, 0.5) is 15.8 Å². The van der Waals surface area contributed by atoms with Crippen molar-refractivity contribution in [3.63, 3.8) is 0 Å². The molecule has 0 heterocycles. The monoisotopic (exact) mass is 332 g/mol. The highest BCUT2D eigenvalue weighted by molar-refractivity contribution is 5.91. The Kier molecular flexibility index (Phi) is 5.83. The molecule has 24 heavy (non-hydrogen) atoms. The molecular formula is C17H17FN2O4. The minimum atomic E-state index is -0.940. The van der Waals surface area contributed by atoms with Crippen LogP contribution in [0, 0.1) is 22.9 Å². The molecule has 0 aliphatic heterocycles. The molecule has 0 aliphatic rings. The number of aryl methyl sites for hydroxylation is 1. The second kappa shape index (κ2) is 8.05. The molecule has 0 radical (unpaired) electrons. The van der Waals surface area contributed by atoms with Crippen molar-refractivity contribution in [1.82, 2.24) is 0 Å². The fraction of sp³-hybridized carbons (Fsp3) is 0.235. The number of rotatable bonds is 7. The summed E-state index contributed by atoms with van der Waals surface area (Å²) in [5.74, 6) is -0.525. The van der Waals surface area contributed by atoms with Crippen LogP contribution in [0.1, 0.15) is 18.4 Å². The summed E-state index contributed by atoms with van der Waals surface area (Å²) in [5.41, 5.74) is 0.651. The molecule has 0 saturated carbocycles. The van der Waals surface area contributed by atoms with Crippen molar-refractivity contribution in [1.29, 1.82) is 0 Å². The number of nitrogens with zero attached hydrogens (tertiary/aromatic N) is 1. The number of ether oxygens (including phenoxy) is 1. The largest absolute Gasteiger partial charge is 0.494 e. The van der Waals surface area contributed by atoms with Gasteiger partial charge >= 0.3 is 5.69 Å². The zero-order valence-electron chi connectivity index (χ0n) is 13.1. The zero-order chi connectivity index (χ0) is 17.5. The van der Waals surface area contributed by atoms with Gasteiger partial charge in [0.15, 0.2) is 0 Å². The van der Waals surface area contributed by atoms with Gasteiger partial charge in [-0.05, 0) is 37.6 Å². The van der Waals surface area contributed by atoms with E-state index in [9.17, 15) is 19.3 Å². The van der Waals surface area contributed by atoms with Crippen molar-refractivity contribution in [3.05, 3.63) is 64.0 Å². The molecule has 1 amide bonds. The Bertz CT molecular complexity index is 732. The van der Waals surface area contributed by atoms with Crippen LogP contribution in [-0.2, 0) is 4.79 Å². The summed E-state index contributed by atoms with van der Waals surface area (Å²) < 4.78 is 18.7. The summed E-state index contributed by atoms with van der Waals surface area (Å²) in [7, 11) is 0. The van der Waals surface area contributed by atoms with Crippen LogP contribution in [0.3, 0.4) is 0 Å². The van der Waals surface area contributed by atoms with Crippen LogP contribution < -0.4 is 10.1 Å². The van der Waals surface area contributed by atoms with Gasteiger partial charge in [-0.25, -0.2) is 0 Å². The molecule has 0 bridgehead atoms. The van der Waals surface area contributed by atoms with Gasteiger partial charge in [0, 0.05) is 18.2 Å². The third kappa shape index (κ3) is 5.05. The number of nitrogens with one attached hydrogen (secondary N) is 1. The van der Waals surface area contributed by atoms with E-state index in [1.807, 2.05) is 31.2 Å². The van der Waals surface area contributed by atoms with E-state index in [1.165, 1.54) is 6.07 Å². The van der Waals surface area contributed by atoms with E-state index < -0.39 is 16.4 Å². The molecule has 2 aromatic rings. The van der Waals surface area contributed by atoms with E-state index in [4.69, 9.17) is 4.74 Å². The number of amides is 1. The maximum absolute atomic E-state index is 13.2. The predicted octanol–water partition coefficient (Wildman–Crippen LogP) is 3.84. The molecule has 0 atom stereocenters. The van der Waals surface area contributed by atoms with Crippen LogP contribution in [0.5, 0.6) is 5.75 Å². The molecule has 0 aromatic heterocycles. The average molecular weight is 332 g/mol. The van der Waals surface area contributed by atoms with Gasteiger partial charge < -0.3 is 10.1 Å². The lowest BCUT2D eigenvalue weighted by atomic mass is 10.2. The minimum Gasteiger partial charge on any atom is -0.494 e. The first kappa shape index (κ1) is 17.4. The highest BCUT2D eigenvalue weighted by Gasteiger charge is 2.15. The number of carbonyl (C=O) groups is 1.